The normalized spacial score (nSPS) is 10.9. The predicted molar refractivity (Wildman–Crippen MR) is 95.5 cm³/mol. The highest BCUT2D eigenvalue weighted by atomic mass is 32.2. The van der Waals surface area contributed by atoms with Crippen molar-refractivity contribution < 1.29 is 0 Å². The number of nitrogens with zero attached hydrogens (tertiary/aromatic N) is 4. The Bertz CT molecular complexity index is 786. The van der Waals surface area contributed by atoms with Gasteiger partial charge in [-0.15, -0.1) is 11.8 Å². The standard InChI is InChI=1S/C17H18N4S2/c1-13-5-3-8-16(19-13)22-11-14-6-4-7-15(20-14)12-23-17-18-9-10-21(17)2/h3-10H,11-12H2,1-2H3. The van der Waals surface area contributed by atoms with Crippen molar-refractivity contribution in [2.45, 2.75) is 28.6 Å². The molecule has 0 aliphatic rings. The summed E-state index contributed by atoms with van der Waals surface area (Å²) in [6.07, 6.45) is 3.77. The Balaban J connectivity index is 1.60. The van der Waals surface area contributed by atoms with E-state index in [-0.39, 0.29) is 0 Å². The molecule has 118 valence electrons. The molecule has 3 rings (SSSR count). The summed E-state index contributed by atoms with van der Waals surface area (Å²) < 4.78 is 2.02. The highest BCUT2D eigenvalue weighted by Gasteiger charge is 2.04. The molecule has 0 unspecified atom stereocenters. The SMILES string of the molecule is Cc1cccc(SCc2cccc(CSc3nccn3C)n2)n1. The molecule has 0 spiro atoms. The van der Waals surface area contributed by atoms with E-state index >= 15 is 0 Å². The Morgan fingerprint density at radius 3 is 2.39 bits per heavy atom. The van der Waals surface area contributed by atoms with E-state index in [1.54, 1.807) is 23.5 Å². The molecule has 23 heavy (non-hydrogen) atoms. The highest BCUT2D eigenvalue weighted by Crippen LogP contribution is 2.22. The molecular formula is C17H18N4S2. The summed E-state index contributed by atoms with van der Waals surface area (Å²) in [5.74, 6) is 1.66. The number of aromatic nitrogens is 4. The zero-order valence-electron chi connectivity index (χ0n) is 13.1. The van der Waals surface area contributed by atoms with E-state index < -0.39 is 0 Å². The maximum atomic E-state index is 4.73. The molecule has 0 aromatic carbocycles. The van der Waals surface area contributed by atoms with Crippen molar-refractivity contribution in [3.63, 3.8) is 0 Å². The van der Waals surface area contributed by atoms with Crippen molar-refractivity contribution in [1.29, 1.82) is 0 Å². The van der Waals surface area contributed by atoms with E-state index in [9.17, 15) is 0 Å². The van der Waals surface area contributed by atoms with Crippen molar-refractivity contribution in [1.82, 2.24) is 19.5 Å². The molecule has 4 nitrogen and oxygen atoms in total. The Morgan fingerprint density at radius 2 is 1.70 bits per heavy atom. The van der Waals surface area contributed by atoms with E-state index in [2.05, 4.69) is 28.2 Å². The minimum absolute atomic E-state index is 0.825. The van der Waals surface area contributed by atoms with Gasteiger partial charge in [-0.2, -0.15) is 0 Å². The molecule has 3 aromatic rings. The molecule has 0 fully saturated rings. The van der Waals surface area contributed by atoms with Crippen LogP contribution in [0.2, 0.25) is 0 Å². The van der Waals surface area contributed by atoms with Gasteiger partial charge >= 0.3 is 0 Å². The Morgan fingerprint density at radius 1 is 0.957 bits per heavy atom. The van der Waals surface area contributed by atoms with Crippen LogP contribution in [-0.2, 0) is 18.6 Å². The van der Waals surface area contributed by atoms with Gasteiger partial charge in [0.1, 0.15) is 0 Å². The molecule has 3 aromatic heterocycles. The number of aryl methyl sites for hydroxylation is 2. The zero-order valence-corrected chi connectivity index (χ0v) is 14.8. The van der Waals surface area contributed by atoms with Crippen LogP contribution in [0.25, 0.3) is 0 Å². The van der Waals surface area contributed by atoms with E-state index in [1.165, 1.54) is 0 Å². The molecule has 0 saturated carbocycles. The second-order valence-electron chi connectivity index (χ2n) is 5.14. The smallest absolute Gasteiger partial charge is 0.168 e. The lowest BCUT2D eigenvalue weighted by Gasteiger charge is -2.05. The van der Waals surface area contributed by atoms with Gasteiger partial charge < -0.3 is 4.57 Å². The molecule has 6 heteroatoms. The Kier molecular flexibility index (Phi) is 5.35. The van der Waals surface area contributed by atoms with Gasteiger partial charge in [-0.3, -0.25) is 4.98 Å². The lowest BCUT2D eigenvalue weighted by molar-refractivity contribution is 0.789. The van der Waals surface area contributed by atoms with Crippen LogP contribution in [0.5, 0.6) is 0 Å². The molecule has 0 atom stereocenters. The van der Waals surface area contributed by atoms with Crippen LogP contribution in [-0.4, -0.2) is 19.5 Å². The van der Waals surface area contributed by atoms with Crippen molar-refractivity contribution in [3.05, 3.63) is 65.9 Å². The summed E-state index contributed by atoms with van der Waals surface area (Å²) in [5, 5.41) is 2.05. The molecule has 0 amide bonds. The number of rotatable bonds is 6. The number of hydrogen-bond acceptors (Lipinski definition) is 5. The lowest BCUT2D eigenvalue weighted by Crippen LogP contribution is -1.95. The van der Waals surface area contributed by atoms with Gasteiger partial charge in [-0.05, 0) is 31.2 Å². The van der Waals surface area contributed by atoms with Crippen LogP contribution in [0.4, 0.5) is 0 Å². The second-order valence-corrected chi connectivity index (χ2v) is 7.07. The maximum Gasteiger partial charge on any atom is 0.168 e. The van der Waals surface area contributed by atoms with Crippen LogP contribution in [0.1, 0.15) is 17.1 Å². The first-order valence-electron chi connectivity index (χ1n) is 7.32. The van der Waals surface area contributed by atoms with E-state index in [4.69, 9.17) is 4.98 Å². The number of thioether (sulfide) groups is 2. The fraction of sp³-hybridized carbons (Fsp3) is 0.235. The quantitative estimate of drug-likeness (QED) is 0.631. The van der Waals surface area contributed by atoms with Gasteiger partial charge in [-0.25, -0.2) is 9.97 Å². The minimum Gasteiger partial charge on any atom is -0.329 e. The van der Waals surface area contributed by atoms with Gasteiger partial charge in [0.2, 0.25) is 0 Å². The molecule has 0 bridgehead atoms. The first-order valence-corrected chi connectivity index (χ1v) is 9.29. The van der Waals surface area contributed by atoms with Crippen LogP contribution in [0.15, 0.2) is 59.0 Å². The first-order chi connectivity index (χ1) is 11.2. The summed E-state index contributed by atoms with van der Waals surface area (Å²) in [4.78, 5) is 13.6. The first kappa shape index (κ1) is 16.1. The summed E-state index contributed by atoms with van der Waals surface area (Å²) in [5.41, 5.74) is 3.20. The largest absolute Gasteiger partial charge is 0.329 e. The van der Waals surface area contributed by atoms with Gasteiger partial charge in [0, 0.05) is 36.6 Å². The fourth-order valence-corrected chi connectivity index (χ4v) is 3.74. The van der Waals surface area contributed by atoms with Crippen molar-refractivity contribution in [3.8, 4) is 0 Å². The Hall–Kier alpha value is -1.79. The van der Waals surface area contributed by atoms with Gasteiger partial charge in [-0.1, -0.05) is 23.9 Å². The third-order valence-corrected chi connectivity index (χ3v) is 5.28. The number of hydrogen-bond donors (Lipinski definition) is 0. The maximum absolute atomic E-state index is 4.73. The van der Waals surface area contributed by atoms with E-state index in [1.807, 2.05) is 49.1 Å². The van der Waals surface area contributed by atoms with Crippen molar-refractivity contribution in [2.24, 2.45) is 7.05 Å². The van der Waals surface area contributed by atoms with Gasteiger partial charge in [0.15, 0.2) is 5.16 Å². The number of pyridine rings is 2. The lowest BCUT2D eigenvalue weighted by atomic mass is 10.3. The van der Waals surface area contributed by atoms with E-state index in [0.29, 0.717) is 0 Å². The summed E-state index contributed by atoms with van der Waals surface area (Å²) in [6.45, 7) is 2.01. The summed E-state index contributed by atoms with van der Waals surface area (Å²) in [6, 6.07) is 12.3. The topological polar surface area (TPSA) is 43.6 Å². The van der Waals surface area contributed by atoms with Crippen LogP contribution in [0, 0.1) is 6.92 Å². The minimum atomic E-state index is 0.825. The molecule has 0 radical (unpaired) electrons. The molecule has 0 N–H and O–H groups in total. The average molecular weight is 342 g/mol. The van der Waals surface area contributed by atoms with Crippen LogP contribution in [0.3, 0.4) is 0 Å². The zero-order chi connectivity index (χ0) is 16.1. The summed E-state index contributed by atoms with van der Waals surface area (Å²) in [7, 11) is 2.00. The van der Waals surface area contributed by atoms with Crippen LogP contribution >= 0.6 is 23.5 Å². The van der Waals surface area contributed by atoms with Crippen molar-refractivity contribution in [2.75, 3.05) is 0 Å². The Labute approximate surface area is 144 Å². The van der Waals surface area contributed by atoms with Crippen molar-refractivity contribution >= 4 is 23.5 Å². The molecule has 0 aliphatic heterocycles. The molecule has 3 heterocycles. The van der Waals surface area contributed by atoms with Gasteiger partial charge in [0.25, 0.3) is 0 Å². The fourth-order valence-electron chi connectivity index (χ4n) is 2.07. The third kappa shape index (κ3) is 4.59. The van der Waals surface area contributed by atoms with E-state index in [0.717, 1.165) is 38.8 Å². The number of imidazole rings is 1. The van der Waals surface area contributed by atoms with Gasteiger partial charge in [0.05, 0.1) is 16.4 Å². The average Bonchev–Trinajstić information content (AvgIpc) is 2.97. The molecule has 0 saturated heterocycles. The molecule has 0 aliphatic carbocycles. The second kappa shape index (κ2) is 7.66. The monoisotopic (exact) mass is 342 g/mol. The third-order valence-electron chi connectivity index (χ3n) is 3.22. The summed E-state index contributed by atoms with van der Waals surface area (Å²) >= 11 is 3.42. The predicted octanol–water partition coefficient (Wildman–Crippen LogP) is 4.10. The molecular weight excluding hydrogens is 324 g/mol. The highest BCUT2D eigenvalue weighted by molar-refractivity contribution is 7.98. The van der Waals surface area contributed by atoms with Crippen LogP contribution < -0.4 is 0 Å².